The highest BCUT2D eigenvalue weighted by atomic mass is 19.4. The molecule has 234 valence electrons. The summed E-state index contributed by atoms with van der Waals surface area (Å²) in [5, 5.41) is 13.6. The molecule has 0 aromatic heterocycles. The first-order valence-corrected chi connectivity index (χ1v) is 12.7. The van der Waals surface area contributed by atoms with Gasteiger partial charge in [-0.25, -0.2) is 4.79 Å². The van der Waals surface area contributed by atoms with Crippen LogP contribution in [0.1, 0.15) is 59.2 Å². The van der Waals surface area contributed by atoms with E-state index in [1.165, 1.54) is 13.2 Å². The molecule has 0 radical (unpaired) electrons. The second-order valence-electron chi connectivity index (χ2n) is 9.94. The summed E-state index contributed by atoms with van der Waals surface area (Å²) < 4.78 is 127. The van der Waals surface area contributed by atoms with Gasteiger partial charge in [-0.2, -0.15) is 39.5 Å². The Labute approximate surface area is 240 Å². The van der Waals surface area contributed by atoms with Crippen molar-refractivity contribution < 1.29 is 54.2 Å². The van der Waals surface area contributed by atoms with Crippen molar-refractivity contribution in [3.63, 3.8) is 0 Å². The van der Waals surface area contributed by atoms with Gasteiger partial charge in [-0.1, -0.05) is 26.0 Å². The fraction of sp³-hybridized carbons (Fsp3) is 0.345. The summed E-state index contributed by atoms with van der Waals surface area (Å²) in [7, 11) is 1.36. The molecule has 1 unspecified atom stereocenters. The molecule has 0 spiro atoms. The summed E-state index contributed by atoms with van der Waals surface area (Å²) in [5.74, 6) is 0.332. The van der Waals surface area contributed by atoms with Crippen LogP contribution in [0.2, 0.25) is 0 Å². The van der Waals surface area contributed by atoms with Crippen molar-refractivity contribution in [3.8, 4) is 16.9 Å². The molecule has 0 saturated carbocycles. The van der Waals surface area contributed by atoms with E-state index in [0.29, 0.717) is 23.4 Å². The van der Waals surface area contributed by atoms with Crippen molar-refractivity contribution in [2.75, 3.05) is 13.7 Å². The summed E-state index contributed by atoms with van der Waals surface area (Å²) in [5.41, 5.74) is -3.43. The van der Waals surface area contributed by atoms with Crippen LogP contribution in [0, 0.1) is 0 Å². The number of ether oxygens (including phenoxy) is 1. The molecular formula is C29H27F9N2O3. The number of halogens is 9. The lowest BCUT2D eigenvalue weighted by Crippen LogP contribution is -2.34. The van der Waals surface area contributed by atoms with Crippen LogP contribution in [0.5, 0.6) is 5.75 Å². The van der Waals surface area contributed by atoms with E-state index >= 15 is 0 Å². The van der Waals surface area contributed by atoms with Crippen molar-refractivity contribution in [1.82, 2.24) is 10.6 Å². The molecule has 3 aromatic carbocycles. The van der Waals surface area contributed by atoms with Crippen LogP contribution in [0.3, 0.4) is 0 Å². The molecule has 3 aromatic rings. The van der Waals surface area contributed by atoms with E-state index in [9.17, 15) is 44.3 Å². The molecule has 1 atom stereocenters. The summed E-state index contributed by atoms with van der Waals surface area (Å²) in [6.07, 6.45) is -16.7. The summed E-state index contributed by atoms with van der Waals surface area (Å²) >= 11 is 0. The predicted molar refractivity (Wildman–Crippen MR) is 140 cm³/mol. The van der Waals surface area contributed by atoms with Crippen LogP contribution in [0.15, 0.2) is 54.6 Å². The van der Waals surface area contributed by atoms with E-state index in [0.717, 1.165) is 17.7 Å². The molecule has 0 saturated heterocycles. The zero-order chi connectivity index (χ0) is 32.3. The monoisotopic (exact) mass is 622 g/mol. The molecule has 0 fully saturated rings. The highest BCUT2D eigenvalue weighted by Gasteiger charge is 2.38. The van der Waals surface area contributed by atoms with Gasteiger partial charge in [-0.05, 0) is 70.6 Å². The van der Waals surface area contributed by atoms with Crippen LogP contribution in [-0.4, -0.2) is 24.9 Å². The van der Waals surface area contributed by atoms with Crippen molar-refractivity contribution in [2.24, 2.45) is 0 Å². The summed E-state index contributed by atoms with van der Waals surface area (Å²) in [6.45, 7) is 2.59. The number of rotatable bonds is 9. The van der Waals surface area contributed by atoms with Crippen LogP contribution in [0.25, 0.3) is 11.1 Å². The lowest BCUT2D eigenvalue weighted by Gasteiger charge is -2.24. The maximum atomic E-state index is 13.7. The van der Waals surface area contributed by atoms with E-state index in [1.54, 1.807) is 18.2 Å². The Kier molecular flexibility index (Phi) is 9.94. The van der Waals surface area contributed by atoms with E-state index in [-0.39, 0.29) is 23.1 Å². The second kappa shape index (κ2) is 12.7. The minimum absolute atomic E-state index is 0.0163. The van der Waals surface area contributed by atoms with Gasteiger partial charge in [0.05, 0.1) is 29.8 Å². The summed E-state index contributed by atoms with van der Waals surface area (Å²) in [6, 6.07) is 7.21. The van der Waals surface area contributed by atoms with E-state index in [4.69, 9.17) is 9.84 Å². The maximum Gasteiger partial charge on any atom is 0.416 e. The Morgan fingerprint density at radius 1 is 0.767 bits per heavy atom. The standard InChI is InChI=1S/C29H27F9N2O3/c1-15(2)16-4-7-25(43-3)23(11-16)22-6-5-19(27(30,31)32)10-18(22)13-39-24(14-40-26(41)42)17-8-20(28(33,34)35)12-21(9-17)29(36,37)38/h4-12,15,24,39-40H,13-14H2,1-3H3,(H,41,42). The lowest BCUT2D eigenvalue weighted by molar-refractivity contribution is -0.143. The van der Waals surface area contributed by atoms with E-state index < -0.39 is 66.0 Å². The van der Waals surface area contributed by atoms with Gasteiger partial charge < -0.3 is 20.5 Å². The summed E-state index contributed by atoms with van der Waals surface area (Å²) in [4.78, 5) is 11.2. The maximum absolute atomic E-state index is 13.7. The van der Waals surface area contributed by atoms with E-state index in [1.807, 2.05) is 19.2 Å². The van der Waals surface area contributed by atoms with Crippen molar-refractivity contribution in [3.05, 3.63) is 88.0 Å². The first-order chi connectivity index (χ1) is 19.8. The van der Waals surface area contributed by atoms with Crippen LogP contribution >= 0.6 is 0 Å². The number of carboxylic acid groups (broad SMARTS) is 1. The molecule has 0 bridgehead atoms. The molecule has 5 nitrogen and oxygen atoms in total. The number of alkyl halides is 9. The van der Waals surface area contributed by atoms with Crippen LogP contribution in [-0.2, 0) is 25.1 Å². The third kappa shape index (κ3) is 8.55. The van der Waals surface area contributed by atoms with Gasteiger partial charge in [-0.3, -0.25) is 0 Å². The SMILES string of the molecule is COc1ccc(C(C)C)cc1-c1ccc(C(F)(F)F)cc1CNC(CNC(=O)O)c1cc(C(F)(F)F)cc(C(F)(F)F)c1. The second-order valence-corrected chi connectivity index (χ2v) is 9.94. The van der Waals surface area contributed by atoms with Gasteiger partial charge >= 0.3 is 24.6 Å². The molecule has 1 amide bonds. The highest BCUT2D eigenvalue weighted by molar-refractivity contribution is 5.75. The molecule has 3 N–H and O–H groups in total. The molecule has 0 aliphatic rings. The van der Waals surface area contributed by atoms with E-state index in [2.05, 4.69) is 5.32 Å². The van der Waals surface area contributed by atoms with Gasteiger partial charge in [0.1, 0.15) is 5.75 Å². The quantitative estimate of drug-likeness (QED) is 0.209. The van der Waals surface area contributed by atoms with Crippen LogP contribution < -0.4 is 15.4 Å². The molecular weight excluding hydrogens is 595 g/mol. The van der Waals surface area contributed by atoms with Gasteiger partial charge in [0, 0.05) is 18.7 Å². The number of benzene rings is 3. The third-order valence-electron chi connectivity index (χ3n) is 6.62. The van der Waals surface area contributed by atoms with Gasteiger partial charge in [0.25, 0.3) is 0 Å². The van der Waals surface area contributed by atoms with Crippen molar-refractivity contribution >= 4 is 6.09 Å². The molecule has 0 aliphatic heterocycles. The largest absolute Gasteiger partial charge is 0.496 e. The Bertz CT molecular complexity index is 1420. The number of nitrogens with one attached hydrogen (secondary N) is 2. The first kappa shape index (κ1) is 33.6. The van der Waals surface area contributed by atoms with Gasteiger partial charge in [0.15, 0.2) is 0 Å². The van der Waals surface area contributed by atoms with Gasteiger partial charge in [-0.15, -0.1) is 0 Å². The molecule has 0 aliphatic carbocycles. The Hall–Kier alpha value is -3.94. The molecule has 3 rings (SSSR count). The number of hydrogen-bond acceptors (Lipinski definition) is 3. The number of amides is 1. The Morgan fingerprint density at radius 2 is 1.35 bits per heavy atom. The minimum atomic E-state index is -5.17. The normalized spacial score (nSPS) is 13.2. The highest BCUT2D eigenvalue weighted by Crippen LogP contribution is 2.40. The fourth-order valence-corrected chi connectivity index (χ4v) is 4.38. The Morgan fingerprint density at radius 3 is 1.84 bits per heavy atom. The average Bonchev–Trinajstić information content (AvgIpc) is 2.90. The van der Waals surface area contributed by atoms with Crippen LogP contribution in [0.4, 0.5) is 44.3 Å². The number of methoxy groups -OCH3 is 1. The average molecular weight is 623 g/mol. The fourth-order valence-electron chi connectivity index (χ4n) is 4.38. The van der Waals surface area contributed by atoms with Gasteiger partial charge in [0.2, 0.25) is 0 Å². The zero-order valence-corrected chi connectivity index (χ0v) is 22.9. The predicted octanol–water partition coefficient (Wildman–Crippen LogP) is 8.64. The number of hydrogen-bond donors (Lipinski definition) is 3. The molecule has 14 heteroatoms. The Balaban J connectivity index is 2.16. The van der Waals surface area contributed by atoms with Crippen molar-refractivity contribution in [1.29, 1.82) is 0 Å². The minimum Gasteiger partial charge on any atom is -0.496 e. The smallest absolute Gasteiger partial charge is 0.416 e. The zero-order valence-electron chi connectivity index (χ0n) is 22.9. The number of carbonyl (C=O) groups is 1. The third-order valence-corrected chi connectivity index (χ3v) is 6.62. The molecule has 43 heavy (non-hydrogen) atoms. The topological polar surface area (TPSA) is 70.6 Å². The first-order valence-electron chi connectivity index (χ1n) is 12.7. The lowest BCUT2D eigenvalue weighted by atomic mass is 9.92. The molecule has 0 heterocycles. The van der Waals surface area contributed by atoms with Crippen molar-refractivity contribution in [2.45, 2.75) is 50.9 Å².